The summed E-state index contributed by atoms with van der Waals surface area (Å²) in [7, 11) is 0. The molecular weight excluding hydrogens is 405 g/mol. The molecule has 8 heteroatoms. The zero-order chi connectivity index (χ0) is 22.2. The van der Waals surface area contributed by atoms with E-state index in [9.17, 15) is 18.3 Å². The average Bonchev–Trinajstić information content (AvgIpc) is 3.12. The molecule has 0 spiro atoms. The minimum atomic E-state index is -4.38. The Hall–Kier alpha value is -1.90. The molecule has 170 valence electrons. The largest absolute Gasteiger partial charge is 0.398 e. The molecule has 0 radical (unpaired) electrons. The van der Waals surface area contributed by atoms with Gasteiger partial charge in [0.2, 0.25) is 0 Å². The van der Waals surface area contributed by atoms with Gasteiger partial charge in [-0.15, -0.1) is 0 Å². The fourth-order valence-electron chi connectivity index (χ4n) is 4.71. The van der Waals surface area contributed by atoms with Crippen molar-refractivity contribution in [2.24, 2.45) is 5.41 Å². The van der Waals surface area contributed by atoms with Crippen molar-refractivity contribution >= 4 is 0 Å². The number of alkyl halides is 3. The molecule has 31 heavy (non-hydrogen) atoms. The number of hydrogen-bond acceptors (Lipinski definition) is 4. The van der Waals surface area contributed by atoms with Crippen molar-refractivity contribution in [2.45, 2.75) is 57.5 Å². The molecule has 3 heterocycles. The van der Waals surface area contributed by atoms with Crippen molar-refractivity contribution in [3.63, 3.8) is 0 Å². The van der Waals surface area contributed by atoms with Crippen molar-refractivity contribution in [1.29, 1.82) is 0 Å². The Morgan fingerprint density at radius 3 is 2.48 bits per heavy atom. The zero-order valence-corrected chi connectivity index (χ0v) is 18.1. The van der Waals surface area contributed by atoms with E-state index in [-0.39, 0.29) is 24.8 Å². The van der Waals surface area contributed by atoms with Crippen molar-refractivity contribution in [3.8, 4) is 0 Å². The predicted octanol–water partition coefficient (Wildman–Crippen LogP) is 3.70. The van der Waals surface area contributed by atoms with E-state index in [1.54, 1.807) is 0 Å². The third-order valence-corrected chi connectivity index (χ3v) is 6.67. The summed E-state index contributed by atoms with van der Waals surface area (Å²) in [6.07, 6.45) is -1.53. The summed E-state index contributed by atoms with van der Waals surface area (Å²) in [5.41, 5.74) is 1.91. The van der Waals surface area contributed by atoms with Gasteiger partial charge in [0.05, 0.1) is 30.6 Å². The summed E-state index contributed by atoms with van der Waals surface area (Å²) in [4.78, 5) is 2.20. The fraction of sp³-hybridized carbons (Fsp3) is 0.609. The molecule has 2 aliphatic heterocycles. The number of nitrogens with zero attached hydrogens (tertiary/aromatic N) is 3. The van der Waals surface area contributed by atoms with Crippen LogP contribution in [0.1, 0.15) is 55.5 Å². The Balaban J connectivity index is 1.54. The quantitative estimate of drug-likeness (QED) is 0.751. The van der Waals surface area contributed by atoms with E-state index in [0.717, 1.165) is 31.5 Å². The number of aliphatic hydroxyl groups excluding tert-OH is 1. The lowest BCUT2D eigenvalue weighted by Gasteiger charge is -2.37. The maximum atomic E-state index is 13.8. The lowest BCUT2D eigenvalue weighted by atomic mass is 9.82. The number of nitrogens with one attached hydrogen (secondary N) is 1. The van der Waals surface area contributed by atoms with Gasteiger partial charge in [-0.05, 0) is 36.9 Å². The molecular formula is C23H31F3N4O. The van der Waals surface area contributed by atoms with Gasteiger partial charge in [0.1, 0.15) is 5.92 Å². The Kier molecular flexibility index (Phi) is 6.16. The highest BCUT2D eigenvalue weighted by molar-refractivity contribution is 5.38. The predicted molar refractivity (Wildman–Crippen MR) is 113 cm³/mol. The van der Waals surface area contributed by atoms with Crippen LogP contribution in [-0.2, 0) is 6.54 Å². The first-order valence-corrected chi connectivity index (χ1v) is 11.0. The van der Waals surface area contributed by atoms with Gasteiger partial charge in [-0.25, -0.2) is 0 Å². The number of fused-ring (bicyclic) bond motifs is 1. The second-order valence-corrected chi connectivity index (χ2v) is 9.63. The van der Waals surface area contributed by atoms with E-state index in [4.69, 9.17) is 0 Å². The lowest BCUT2D eigenvalue weighted by Crippen LogP contribution is -2.43. The molecule has 3 atom stereocenters. The van der Waals surface area contributed by atoms with Gasteiger partial charge in [0.15, 0.2) is 0 Å². The number of β-amino-alcohol motifs (C(OH)–C–C–N with tert-alkyl or cyclic N) is 1. The van der Waals surface area contributed by atoms with Crippen molar-refractivity contribution in [2.75, 3.05) is 26.2 Å². The van der Waals surface area contributed by atoms with Crippen molar-refractivity contribution < 1.29 is 18.3 Å². The van der Waals surface area contributed by atoms with Crippen LogP contribution in [0.15, 0.2) is 36.5 Å². The lowest BCUT2D eigenvalue weighted by molar-refractivity contribution is -0.152. The Bertz CT molecular complexity index is 871. The minimum absolute atomic E-state index is 0.0588. The summed E-state index contributed by atoms with van der Waals surface area (Å²) in [6.45, 7) is 6.57. The Morgan fingerprint density at radius 1 is 1.16 bits per heavy atom. The molecule has 2 N–H and O–H groups in total. The summed E-state index contributed by atoms with van der Waals surface area (Å²) >= 11 is 0. The van der Waals surface area contributed by atoms with Gasteiger partial charge in [0, 0.05) is 18.7 Å². The number of aromatic nitrogens is 2. The van der Waals surface area contributed by atoms with Crippen LogP contribution >= 0.6 is 0 Å². The first-order chi connectivity index (χ1) is 14.6. The first kappa shape index (κ1) is 22.3. The molecule has 1 saturated heterocycles. The van der Waals surface area contributed by atoms with E-state index in [1.807, 2.05) is 30.3 Å². The summed E-state index contributed by atoms with van der Waals surface area (Å²) in [6, 6.07) is 9.10. The molecule has 5 nitrogen and oxygen atoms in total. The molecule has 1 fully saturated rings. The van der Waals surface area contributed by atoms with Gasteiger partial charge >= 0.3 is 6.18 Å². The van der Waals surface area contributed by atoms with E-state index in [1.165, 1.54) is 10.9 Å². The molecule has 0 aliphatic carbocycles. The molecule has 1 aromatic carbocycles. The van der Waals surface area contributed by atoms with E-state index in [0.29, 0.717) is 17.5 Å². The van der Waals surface area contributed by atoms with E-state index >= 15 is 0 Å². The van der Waals surface area contributed by atoms with Crippen molar-refractivity contribution in [3.05, 3.63) is 53.3 Å². The maximum Gasteiger partial charge on any atom is 0.398 e. The molecule has 4 rings (SSSR count). The Labute approximate surface area is 181 Å². The summed E-state index contributed by atoms with van der Waals surface area (Å²) in [5.74, 6) is -1.65. The van der Waals surface area contributed by atoms with E-state index < -0.39 is 18.2 Å². The van der Waals surface area contributed by atoms with Crippen LogP contribution in [-0.4, -0.2) is 58.2 Å². The molecule has 1 aromatic heterocycles. The molecule has 2 aromatic rings. The van der Waals surface area contributed by atoms with Crippen LogP contribution in [0.2, 0.25) is 0 Å². The number of piperidine rings is 1. The minimum Gasteiger partial charge on any atom is -0.390 e. The summed E-state index contributed by atoms with van der Waals surface area (Å²) < 4.78 is 42.9. The van der Waals surface area contributed by atoms with Crippen molar-refractivity contribution in [1.82, 2.24) is 20.0 Å². The molecule has 0 amide bonds. The molecule has 2 aliphatic rings. The molecule has 0 saturated carbocycles. The Morgan fingerprint density at radius 2 is 1.84 bits per heavy atom. The monoisotopic (exact) mass is 436 g/mol. The summed E-state index contributed by atoms with van der Waals surface area (Å²) in [5, 5.41) is 18.0. The van der Waals surface area contributed by atoms with Gasteiger partial charge in [-0.1, -0.05) is 44.2 Å². The number of rotatable bonds is 5. The highest BCUT2D eigenvalue weighted by Gasteiger charge is 2.47. The molecule has 3 unspecified atom stereocenters. The van der Waals surface area contributed by atoms with Crippen LogP contribution < -0.4 is 5.32 Å². The van der Waals surface area contributed by atoms with Crippen LogP contribution in [0.25, 0.3) is 0 Å². The third-order valence-electron chi connectivity index (χ3n) is 6.67. The number of aliphatic hydroxyl groups is 1. The maximum absolute atomic E-state index is 13.8. The van der Waals surface area contributed by atoms with Gasteiger partial charge in [-0.3, -0.25) is 4.68 Å². The SMILES string of the molecule is CC1(C)CCN(CC(O)Cn2ncc3c2C(C(F)(F)F)CNC3c2ccccc2)CC1. The number of halogens is 3. The van der Waals surface area contributed by atoms with Crippen LogP contribution in [0.4, 0.5) is 13.2 Å². The zero-order valence-electron chi connectivity index (χ0n) is 18.1. The van der Waals surface area contributed by atoms with Gasteiger partial charge in [0.25, 0.3) is 0 Å². The van der Waals surface area contributed by atoms with Gasteiger partial charge in [-0.2, -0.15) is 18.3 Å². The second kappa shape index (κ2) is 8.56. The number of hydrogen-bond donors (Lipinski definition) is 2. The van der Waals surface area contributed by atoms with E-state index in [2.05, 4.69) is 29.2 Å². The normalized spacial score (nSPS) is 25.2. The average molecular weight is 437 g/mol. The first-order valence-electron chi connectivity index (χ1n) is 11.0. The van der Waals surface area contributed by atoms with Crippen LogP contribution in [0, 0.1) is 5.41 Å². The smallest absolute Gasteiger partial charge is 0.390 e. The number of likely N-dealkylation sites (tertiary alicyclic amines) is 1. The third kappa shape index (κ3) is 4.96. The molecule has 0 bridgehead atoms. The van der Waals surface area contributed by atoms with Gasteiger partial charge < -0.3 is 15.3 Å². The fourth-order valence-corrected chi connectivity index (χ4v) is 4.71. The number of benzene rings is 1. The van der Waals surface area contributed by atoms with Crippen LogP contribution in [0.5, 0.6) is 0 Å². The standard InChI is InChI=1S/C23H31F3N4O/c1-22(2)8-10-29(11-9-22)14-17(31)15-30-21-18(12-28-30)20(16-6-4-3-5-7-16)27-13-19(21)23(24,25)26/h3-7,12,17,19-20,27,31H,8-11,13-15H2,1-2H3. The topological polar surface area (TPSA) is 53.3 Å². The highest BCUT2D eigenvalue weighted by Crippen LogP contribution is 2.42. The highest BCUT2D eigenvalue weighted by atomic mass is 19.4. The van der Waals surface area contributed by atoms with Crippen LogP contribution in [0.3, 0.4) is 0 Å². The second-order valence-electron chi connectivity index (χ2n) is 9.63.